The van der Waals surface area contributed by atoms with Crippen molar-refractivity contribution in [2.45, 2.75) is 6.61 Å². The van der Waals surface area contributed by atoms with Crippen LogP contribution in [0.2, 0.25) is 0 Å². The summed E-state index contributed by atoms with van der Waals surface area (Å²) in [7, 11) is 1.90. The second-order valence-corrected chi connectivity index (χ2v) is 4.80. The molecule has 0 amide bonds. The highest BCUT2D eigenvalue weighted by molar-refractivity contribution is 5.58. The summed E-state index contributed by atoms with van der Waals surface area (Å²) in [5.41, 5.74) is 3.96. The molecule has 0 unspecified atom stereocenters. The molecule has 0 atom stereocenters. The average molecular weight is 291 g/mol. The lowest BCUT2D eigenvalue weighted by Crippen LogP contribution is -2.02. The fourth-order valence-corrected chi connectivity index (χ4v) is 2.21. The number of para-hydroxylation sites is 1. The molecule has 22 heavy (non-hydrogen) atoms. The van der Waals surface area contributed by atoms with Crippen molar-refractivity contribution in [1.82, 2.24) is 9.97 Å². The molecule has 2 aromatic carbocycles. The third kappa shape index (κ3) is 3.23. The molecule has 4 nitrogen and oxygen atoms in total. The van der Waals surface area contributed by atoms with Crippen molar-refractivity contribution in [2.75, 3.05) is 12.4 Å². The molecule has 1 heterocycles. The van der Waals surface area contributed by atoms with Gasteiger partial charge in [0.1, 0.15) is 6.61 Å². The van der Waals surface area contributed by atoms with Gasteiger partial charge in [-0.15, -0.1) is 0 Å². The summed E-state index contributed by atoms with van der Waals surface area (Å²) in [6.07, 6.45) is 3.37. The Bertz CT molecular complexity index is 744. The van der Waals surface area contributed by atoms with Crippen molar-refractivity contribution < 1.29 is 4.74 Å². The molecule has 0 bridgehead atoms. The van der Waals surface area contributed by atoms with Crippen LogP contribution in [0.25, 0.3) is 11.3 Å². The predicted octanol–water partition coefficient (Wildman–Crippen LogP) is 3.76. The van der Waals surface area contributed by atoms with E-state index in [0.29, 0.717) is 12.5 Å². The summed E-state index contributed by atoms with van der Waals surface area (Å²) in [5, 5.41) is 3.15. The molecule has 1 N–H and O–H groups in total. The maximum Gasteiger partial charge on any atom is 0.233 e. The molecular weight excluding hydrogens is 274 g/mol. The van der Waals surface area contributed by atoms with E-state index < -0.39 is 0 Å². The van der Waals surface area contributed by atoms with E-state index in [1.807, 2.05) is 61.6 Å². The van der Waals surface area contributed by atoms with Gasteiger partial charge in [-0.3, -0.25) is 4.98 Å². The van der Waals surface area contributed by atoms with Crippen LogP contribution in [-0.2, 0) is 6.61 Å². The Hall–Kier alpha value is -2.88. The fourth-order valence-electron chi connectivity index (χ4n) is 2.21. The number of aromatic nitrogens is 2. The first-order valence-electron chi connectivity index (χ1n) is 7.13. The zero-order valence-electron chi connectivity index (χ0n) is 12.4. The van der Waals surface area contributed by atoms with Gasteiger partial charge in [0.25, 0.3) is 0 Å². The first-order chi connectivity index (χ1) is 10.9. The largest absolute Gasteiger partial charge is 0.472 e. The third-order valence-corrected chi connectivity index (χ3v) is 3.34. The molecule has 0 fully saturated rings. The second-order valence-electron chi connectivity index (χ2n) is 4.80. The van der Waals surface area contributed by atoms with Gasteiger partial charge in [-0.25, -0.2) is 4.98 Å². The van der Waals surface area contributed by atoms with Crippen LogP contribution in [0.15, 0.2) is 67.0 Å². The van der Waals surface area contributed by atoms with E-state index in [1.165, 1.54) is 0 Å². The van der Waals surface area contributed by atoms with Crippen molar-refractivity contribution in [2.24, 2.45) is 0 Å². The fraction of sp³-hybridized carbons (Fsp3) is 0.111. The molecule has 3 aromatic rings. The number of hydrogen-bond acceptors (Lipinski definition) is 4. The van der Waals surface area contributed by atoms with Gasteiger partial charge in [-0.1, -0.05) is 48.5 Å². The summed E-state index contributed by atoms with van der Waals surface area (Å²) in [4.78, 5) is 8.72. The molecule has 0 aliphatic carbocycles. The Morgan fingerprint density at radius 3 is 2.55 bits per heavy atom. The van der Waals surface area contributed by atoms with E-state index in [0.717, 1.165) is 22.5 Å². The lowest BCUT2D eigenvalue weighted by Gasteiger charge is -2.10. The first kappa shape index (κ1) is 14.1. The summed E-state index contributed by atoms with van der Waals surface area (Å²) < 4.78 is 5.78. The summed E-state index contributed by atoms with van der Waals surface area (Å²) >= 11 is 0. The SMILES string of the molecule is CNc1ccccc1COc1cncc(-c2ccccc2)n1. The normalized spacial score (nSPS) is 10.2. The molecule has 1 aromatic heterocycles. The Morgan fingerprint density at radius 2 is 1.73 bits per heavy atom. The summed E-state index contributed by atoms with van der Waals surface area (Å²) in [5.74, 6) is 0.521. The Balaban J connectivity index is 1.76. The highest BCUT2D eigenvalue weighted by atomic mass is 16.5. The second kappa shape index (κ2) is 6.72. The van der Waals surface area contributed by atoms with Gasteiger partial charge in [-0.05, 0) is 6.07 Å². The van der Waals surface area contributed by atoms with E-state index in [-0.39, 0.29) is 0 Å². The molecule has 4 heteroatoms. The highest BCUT2D eigenvalue weighted by Crippen LogP contribution is 2.20. The lowest BCUT2D eigenvalue weighted by atomic mass is 10.2. The molecule has 0 radical (unpaired) electrons. The van der Waals surface area contributed by atoms with Gasteiger partial charge in [-0.2, -0.15) is 0 Å². The van der Waals surface area contributed by atoms with Crippen LogP contribution in [-0.4, -0.2) is 17.0 Å². The highest BCUT2D eigenvalue weighted by Gasteiger charge is 2.04. The van der Waals surface area contributed by atoms with Crippen LogP contribution in [0.5, 0.6) is 5.88 Å². The quantitative estimate of drug-likeness (QED) is 0.777. The van der Waals surface area contributed by atoms with E-state index in [2.05, 4.69) is 15.3 Å². The number of rotatable bonds is 5. The predicted molar refractivity (Wildman–Crippen MR) is 87.8 cm³/mol. The van der Waals surface area contributed by atoms with Crippen molar-refractivity contribution in [3.63, 3.8) is 0 Å². The van der Waals surface area contributed by atoms with E-state index >= 15 is 0 Å². The summed E-state index contributed by atoms with van der Waals surface area (Å²) in [6.45, 7) is 0.448. The molecule has 0 spiro atoms. The molecule has 0 aliphatic heterocycles. The Labute approximate surface area is 129 Å². The van der Waals surface area contributed by atoms with Crippen molar-refractivity contribution >= 4 is 5.69 Å². The molecule has 3 rings (SSSR count). The van der Waals surface area contributed by atoms with Crippen molar-refractivity contribution in [3.8, 4) is 17.1 Å². The minimum Gasteiger partial charge on any atom is -0.472 e. The molecule has 110 valence electrons. The zero-order valence-corrected chi connectivity index (χ0v) is 12.4. The molecule has 0 aliphatic rings. The Morgan fingerprint density at radius 1 is 0.955 bits per heavy atom. The zero-order chi connectivity index (χ0) is 15.2. The minimum absolute atomic E-state index is 0.448. The van der Waals surface area contributed by atoms with Crippen LogP contribution in [0.4, 0.5) is 5.69 Å². The molecule has 0 saturated carbocycles. The third-order valence-electron chi connectivity index (χ3n) is 3.34. The average Bonchev–Trinajstić information content (AvgIpc) is 2.61. The van der Waals surface area contributed by atoms with Crippen molar-refractivity contribution in [3.05, 3.63) is 72.6 Å². The Kier molecular flexibility index (Phi) is 4.30. The van der Waals surface area contributed by atoms with Gasteiger partial charge in [0.15, 0.2) is 0 Å². The van der Waals surface area contributed by atoms with Gasteiger partial charge < -0.3 is 10.1 Å². The topological polar surface area (TPSA) is 47.0 Å². The van der Waals surface area contributed by atoms with Gasteiger partial charge in [0.2, 0.25) is 5.88 Å². The maximum atomic E-state index is 5.78. The first-order valence-corrected chi connectivity index (χ1v) is 7.13. The summed E-state index contributed by atoms with van der Waals surface area (Å²) in [6, 6.07) is 18.0. The van der Waals surface area contributed by atoms with Crippen LogP contribution < -0.4 is 10.1 Å². The lowest BCUT2D eigenvalue weighted by molar-refractivity contribution is 0.293. The number of benzene rings is 2. The van der Waals surface area contributed by atoms with E-state index in [4.69, 9.17) is 4.74 Å². The van der Waals surface area contributed by atoms with E-state index in [1.54, 1.807) is 12.4 Å². The number of hydrogen-bond donors (Lipinski definition) is 1. The monoisotopic (exact) mass is 291 g/mol. The van der Waals surface area contributed by atoms with Crippen LogP contribution >= 0.6 is 0 Å². The van der Waals surface area contributed by atoms with E-state index in [9.17, 15) is 0 Å². The number of nitrogens with one attached hydrogen (secondary N) is 1. The van der Waals surface area contributed by atoms with Crippen molar-refractivity contribution in [1.29, 1.82) is 0 Å². The number of nitrogens with zero attached hydrogens (tertiary/aromatic N) is 2. The minimum atomic E-state index is 0.448. The van der Waals surface area contributed by atoms with Crippen LogP contribution in [0, 0.1) is 0 Å². The van der Waals surface area contributed by atoms with Gasteiger partial charge in [0.05, 0.1) is 18.1 Å². The van der Waals surface area contributed by atoms with Crippen LogP contribution in [0.1, 0.15) is 5.56 Å². The number of anilines is 1. The molecule has 0 saturated heterocycles. The van der Waals surface area contributed by atoms with Gasteiger partial charge >= 0.3 is 0 Å². The standard InChI is InChI=1S/C18H17N3O/c1-19-16-10-6-5-9-15(16)13-22-18-12-20-11-17(21-18)14-7-3-2-4-8-14/h2-12,19H,13H2,1H3. The van der Waals surface area contributed by atoms with Crippen LogP contribution in [0.3, 0.4) is 0 Å². The van der Waals surface area contributed by atoms with Gasteiger partial charge in [0, 0.05) is 23.9 Å². The maximum absolute atomic E-state index is 5.78. The number of ether oxygens (including phenoxy) is 1. The molecular formula is C18H17N3O. The smallest absolute Gasteiger partial charge is 0.233 e.